The van der Waals surface area contributed by atoms with Crippen molar-refractivity contribution in [3.8, 4) is 5.75 Å². The number of methoxy groups -OCH3 is 2. The molecular weight excluding hydrogens is 234 g/mol. The lowest BCUT2D eigenvalue weighted by Gasteiger charge is -2.12. The first-order valence-electron chi connectivity index (χ1n) is 5.74. The fourth-order valence-electron chi connectivity index (χ4n) is 1.48. The molecule has 4 heteroatoms. The molecule has 0 saturated carbocycles. The van der Waals surface area contributed by atoms with Gasteiger partial charge in [-0.2, -0.15) is 11.8 Å². The molecule has 0 aliphatic carbocycles. The van der Waals surface area contributed by atoms with E-state index in [1.54, 1.807) is 14.2 Å². The van der Waals surface area contributed by atoms with Crippen LogP contribution in [0.4, 0.5) is 0 Å². The molecule has 96 valence electrons. The average Bonchev–Trinajstić information content (AvgIpc) is 2.38. The predicted molar refractivity (Wildman–Crippen MR) is 73.7 cm³/mol. The number of hydrogen-bond acceptors (Lipinski definition) is 4. The molecule has 0 aliphatic rings. The lowest BCUT2D eigenvalue weighted by Crippen LogP contribution is -2.13. The molecule has 0 bridgehead atoms. The molecule has 1 unspecified atom stereocenters. The fraction of sp³-hybridized carbons (Fsp3) is 0.538. The Balaban J connectivity index is 2.33. The number of ether oxygens (including phenoxy) is 2. The number of benzene rings is 1. The van der Waals surface area contributed by atoms with Crippen molar-refractivity contribution in [3.63, 3.8) is 0 Å². The van der Waals surface area contributed by atoms with Crippen molar-refractivity contribution in [2.24, 2.45) is 5.73 Å². The summed E-state index contributed by atoms with van der Waals surface area (Å²) >= 11 is 1.86. The van der Waals surface area contributed by atoms with Crippen LogP contribution in [0.5, 0.6) is 5.75 Å². The Hall–Kier alpha value is -0.710. The van der Waals surface area contributed by atoms with E-state index in [9.17, 15) is 0 Å². The third kappa shape index (κ3) is 5.44. The Morgan fingerprint density at radius 2 is 2.18 bits per heavy atom. The van der Waals surface area contributed by atoms with Gasteiger partial charge in [0.1, 0.15) is 5.75 Å². The summed E-state index contributed by atoms with van der Waals surface area (Å²) in [6.45, 7) is 0.821. The van der Waals surface area contributed by atoms with Crippen LogP contribution in [0.3, 0.4) is 0 Å². The minimum absolute atomic E-state index is 0.0673. The van der Waals surface area contributed by atoms with Gasteiger partial charge in [-0.05, 0) is 29.9 Å². The van der Waals surface area contributed by atoms with Crippen molar-refractivity contribution in [1.29, 1.82) is 0 Å². The Kier molecular flexibility index (Phi) is 7.08. The number of rotatable bonds is 8. The molecule has 0 radical (unpaired) electrons. The Morgan fingerprint density at radius 1 is 1.35 bits per heavy atom. The minimum Gasteiger partial charge on any atom is -0.497 e. The number of nitrogens with two attached hydrogens (primary N) is 1. The standard InChI is InChI=1S/C13H21NO2S/c1-15-7-4-8-17-10-13(14)11-5-3-6-12(9-11)16-2/h3,5-6,9,13H,4,7-8,10,14H2,1-2H3. The fourth-order valence-corrected chi connectivity index (χ4v) is 2.42. The molecule has 1 atom stereocenters. The maximum Gasteiger partial charge on any atom is 0.119 e. The van der Waals surface area contributed by atoms with Crippen molar-refractivity contribution < 1.29 is 9.47 Å². The first-order valence-corrected chi connectivity index (χ1v) is 6.89. The van der Waals surface area contributed by atoms with Gasteiger partial charge < -0.3 is 15.2 Å². The van der Waals surface area contributed by atoms with E-state index in [0.717, 1.165) is 35.8 Å². The van der Waals surface area contributed by atoms with Gasteiger partial charge in [-0.15, -0.1) is 0 Å². The highest BCUT2D eigenvalue weighted by molar-refractivity contribution is 7.99. The lowest BCUT2D eigenvalue weighted by molar-refractivity contribution is 0.200. The summed E-state index contributed by atoms with van der Waals surface area (Å²) in [5.74, 6) is 2.88. The number of thioether (sulfide) groups is 1. The van der Waals surface area contributed by atoms with E-state index in [1.807, 2.05) is 36.0 Å². The van der Waals surface area contributed by atoms with Crippen LogP contribution in [-0.4, -0.2) is 32.3 Å². The third-order valence-electron chi connectivity index (χ3n) is 2.46. The van der Waals surface area contributed by atoms with Crippen LogP contribution in [-0.2, 0) is 4.74 Å². The Bertz CT molecular complexity index is 320. The first kappa shape index (κ1) is 14.4. The second-order valence-electron chi connectivity index (χ2n) is 3.80. The summed E-state index contributed by atoms with van der Waals surface area (Å²) in [6.07, 6.45) is 1.08. The molecule has 0 heterocycles. The average molecular weight is 255 g/mol. The van der Waals surface area contributed by atoms with Gasteiger partial charge in [-0.3, -0.25) is 0 Å². The molecule has 0 aromatic heterocycles. The molecule has 17 heavy (non-hydrogen) atoms. The zero-order valence-corrected chi connectivity index (χ0v) is 11.3. The van der Waals surface area contributed by atoms with E-state index >= 15 is 0 Å². The van der Waals surface area contributed by atoms with Crippen LogP contribution in [0.1, 0.15) is 18.0 Å². The van der Waals surface area contributed by atoms with E-state index in [4.69, 9.17) is 15.2 Å². The van der Waals surface area contributed by atoms with Crippen molar-refractivity contribution in [1.82, 2.24) is 0 Å². The normalized spacial score (nSPS) is 12.4. The zero-order chi connectivity index (χ0) is 12.5. The maximum atomic E-state index is 6.13. The summed E-state index contributed by atoms with van der Waals surface area (Å²) < 4.78 is 10.2. The van der Waals surface area contributed by atoms with E-state index in [1.165, 1.54) is 0 Å². The molecule has 3 nitrogen and oxygen atoms in total. The smallest absolute Gasteiger partial charge is 0.119 e. The van der Waals surface area contributed by atoms with Gasteiger partial charge in [0, 0.05) is 25.5 Å². The van der Waals surface area contributed by atoms with Crippen LogP contribution in [0.25, 0.3) is 0 Å². The summed E-state index contributed by atoms with van der Waals surface area (Å²) in [7, 11) is 3.40. The molecule has 1 aromatic carbocycles. The predicted octanol–water partition coefficient (Wildman–Crippen LogP) is 2.46. The highest BCUT2D eigenvalue weighted by Crippen LogP contribution is 2.20. The Labute approximate surface area is 108 Å². The van der Waals surface area contributed by atoms with Crippen molar-refractivity contribution >= 4 is 11.8 Å². The molecule has 0 spiro atoms. The van der Waals surface area contributed by atoms with Crippen LogP contribution in [0.2, 0.25) is 0 Å². The lowest BCUT2D eigenvalue weighted by atomic mass is 10.1. The van der Waals surface area contributed by atoms with E-state index < -0.39 is 0 Å². The van der Waals surface area contributed by atoms with Gasteiger partial charge in [-0.1, -0.05) is 12.1 Å². The van der Waals surface area contributed by atoms with Gasteiger partial charge in [0.05, 0.1) is 7.11 Å². The van der Waals surface area contributed by atoms with Crippen molar-refractivity contribution in [3.05, 3.63) is 29.8 Å². The highest BCUT2D eigenvalue weighted by Gasteiger charge is 2.06. The Morgan fingerprint density at radius 3 is 2.88 bits per heavy atom. The maximum absolute atomic E-state index is 6.13. The topological polar surface area (TPSA) is 44.5 Å². The third-order valence-corrected chi connectivity index (χ3v) is 3.63. The molecule has 1 rings (SSSR count). The second kappa shape index (κ2) is 8.39. The van der Waals surface area contributed by atoms with Crippen molar-refractivity contribution in [2.75, 3.05) is 32.3 Å². The van der Waals surface area contributed by atoms with E-state index in [0.29, 0.717) is 0 Å². The van der Waals surface area contributed by atoms with Crippen LogP contribution in [0.15, 0.2) is 24.3 Å². The van der Waals surface area contributed by atoms with Gasteiger partial charge >= 0.3 is 0 Å². The molecule has 2 N–H and O–H groups in total. The highest BCUT2D eigenvalue weighted by atomic mass is 32.2. The first-order chi connectivity index (χ1) is 8.27. The van der Waals surface area contributed by atoms with Crippen molar-refractivity contribution in [2.45, 2.75) is 12.5 Å². The molecule has 1 aromatic rings. The summed E-state index contributed by atoms with van der Waals surface area (Å²) in [5, 5.41) is 0. The number of hydrogen-bond donors (Lipinski definition) is 1. The SMILES string of the molecule is COCCCSCC(N)c1cccc(OC)c1. The molecule has 0 saturated heterocycles. The van der Waals surface area contributed by atoms with Gasteiger partial charge in [0.15, 0.2) is 0 Å². The summed E-state index contributed by atoms with van der Waals surface area (Å²) in [6, 6.07) is 8.02. The van der Waals surface area contributed by atoms with Crippen LogP contribution < -0.4 is 10.5 Å². The summed E-state index contributed by atoms with van der Waals surface area (Å²) in [5.41, 5.74) is 7.25. The minimum atomic E-state index is 0.0673. The van der Waals surface area contributed by atoms with Gasteiger partial charge in [0.25, 0.3) is 0 Å². The van der Waals surface area contributed by atoms with Crippen LogP contribution in [0, 0.1) is 0 Å². The zero-order valence-electron chi connectivity index (χ0n) is 10.5. The molecule has 0 amide bonds. The molecular formula is C13H21NO2S. The van der Waals surface area contributed by atoms with Gasteiger partial charge in [0.2, 0.25) is 0 Å². The largest absolute Gasteiger partial charge is 0.497 e. The second-order valence-corrected chi connectivity index (χ2v) is 4.95. The van der Waals surface area contributed by atoms with Gasteiger partial charge in [-0.25, -0.2) is 0 Å². The van der Waals surface area contributed by atoms with E-state index in [-0.39, 0.29) is 6.04 Å². The summed E-state index contributed by atoms with van der Waals surface area (Å²) in [4.78, 5) is 0. The quantitative estimate of drug-likeness (QED) is 0.725. The monoisotopic (exact) mass is 255 g/mol. The molecule has 0 fully saturated rings. The molecule has 0 aliphatic heterocycles. The van der Waals surface area contributed by atoms with Crippen LogP contribution >= 0.6 is 11.8 Å². The van der Waals surface area contributed by atoms with E-state index in [2.05, 4.69) is 0 Å².